The zero-order valence-electron chi connectivity index (χ0n) is 10.3. The minimum absolute atomic E-state index is 0.0724. The second kappa shape index (κ2) is 5.00. The molecule has 0 aliphatic carbocycles. The standard InChI is InChI=1S/C12H12F3N3O/c1-7(16-2)10-17-18-11(19-10)8-4-3-5-9(6-8)12(13,14)15/h3-7,16H,1-2H3. The van der Waals surface area contributed by atoms with E-state index in [1.165, 1.54) is 12.1 Å². The molecular formula is C12H12F3N3O. The molecule has 1 aromatic heterocycles. The van der Waals surface area contributed by atoms with Gasteiger partial charge in [-0.05, 0) is 32.2 Å². The van der Waals surface area contributed by atoms with Crippen molar-refractivity contribution in [3.8, 4) is 11.5 Å². The lowest BCUT2D eigenvalue weighted by Gasteiger charge is -2.06. The molecule has 1 N–H and O–H groups in total. The molecule has 4 nitrogen and oxygen atoms in total. The first-order chi connectivity index (χ1) is 8.91. The van der Waals surface area contributed by atoms with Crippen molar-refractivity contribution >= 4 is 0 Å². The highest BCUT2D eigenvalue weighted by Gasteiger charge is 2.30. The van der Waals surface area contributed by atoms with E-state index >= 15 is 0 Å². The van der Waals surface area contributed by atoms with Crippen molar-refractivity contribution in [1.29, 1.82) is 0 Å². The third-order valence-corrected chi connectivity index (χ3v) is 2.68. The summed E-state index contributed by atoms with van der Waals surface area (Å²) in [5.74, 6) is 0.401. The number of hydrogen-bond acceptors (Lipinski definition) is 4. The molecule has 2 aromatic rings. The molecule has 1 aromatic carbocycles. The summed E-state index contributed by atoms with van der Waals surface area (Å²) in [7, 11) is 1.72. The Hall–Kier alpha value is -1.89. The van der Waals surface area contributed by atoms with E-state index in [9.17, 15) is 13.2 Å². The Morgan fingerprint density at radius 2 is 2.00 bits per heavy atom. The van der Waals surface area contributed by atoms with Crippen LogP contribution in [0.15, 0.2) is 28.7 Å². The Morgan fingerprint density at radius 3 is 2.63 bits per heavy atom. The third kappa shape index (κ3) is 2.93. The SMILES string of the molecule is CNC(C)c1nnc(-c2cccc(C(F)(F)F)c2)o1. The highest BCUT2D eigenvalue weighted by Crippen LogP contribution is 2.32. The minimum atomic E-state index is -4.39. The number of rotatable bonds is 3. The molecule has 0 aliphatic heterocycles. The summed E-state index contributed by atoms with van der Waals surface area (Å²) in [6.45, 7) is 1.81. The van der Waals surface area contributed by atoms with Crippen molar-refractivity contribution in [2.45, 2.75) is 19.1 Å². The van der Waals surface area contributed by atoms with Gasteiger partial charge < -0.3 is 9.73 Å². The van der Waals surface area contributed by atoms with Gasteiger partial charge in [-0.2, -0.15) is 13.2 Å². The number of hydrogen-bond donors (Lipinski definition) is 1. The van der Waals surface area contributed by atoms with Crippen molar-refractivity contribution in [1.82, 2.24) is 15.5 Å². The summed E-state index contributed by atoms with van der Waals surface area (Å²) in [6, 6.07) is 4.63. The van der Waals surface area contributed by atoms with Crippen LogP contribution in [0.1, 0.15) is 24.4 Å². The predicted octanol–water partition coefficient (Wildman–Crippen LogP) is 3.04. The molecule has 0 radical (unpaired) electrons. The van der Waals surface area contributed by atoms with Crippen LogP contribution in [-0.2, 0) is 6.18 Å². The van der Waals surface area contributed by atoms with Crippen LogP contribution < -0.4 is 5.32 Å². The summed E-state index contributed by atoms with van der Waals surface area (Å²) in [5.41, 5.74) is -0.497. The van der Waals surface area contributed by atoms with E-state index in [2.05, 4.69) is 15.5 Å². The molecule has 1 heterocycles. The van der Waals surface area contributed by atoms with Crippen molar-refractivity contribution in [3.63, 3.8) is 0 Å². The molecule has 1 unspecified atom stereocenters. The molecule has 0 bridgehead atoms. The smallest absolute Gasteiger partial charge is 0.416 e. The van der Waals surface area contributed by atoms with Crippen LogP contribution in [0.4, 0.5) is 13.2 Å². The molecule has 0 spiro atoms. The van der Waals surface area contributed by atoms with Crippen LogP contribution >= 0.6 is 0 Å². The van der Waals surface area contributed by atoms with Gasteiger partial charge in [0.1, 0.15) is 0 Å². The maximum absolute atomic E-state index is 12.6. The van der Waals surface area contributed by atoms with Gasteiger partial charge in [-0.3, -0.25) is 0 Å². The Morgan fingerprint density at radius 1 is 1.26 bits per heavy atom. The lowest BCUT2D eigenvalue weighted by Crippen LogP contribution is -2.12. The zero-order valence-corrected chi connectivity index (χ0v) is 10.3. The Bertz CT molecular complexity index is 565. The van der Waals surface area contributed by atoms with Crippen LogP contribution in [-0.4, -0.2) is 17.2 Å². The summed E-state index contributed by atoms with van der Waals surface area (Å²) in [5, 5.41) is 10.5. The van der Waals surface area contributed by atoms with E-state index in [-0.39, 0.29) is 17.5 Å². The molecule has 0 saturated carbocycles. The highest BCUT2D eigenvalue weighted by atomic mass is 19.4. The number of aromatic nitrogens is 2. The van der Waals surface area contributed by atoms with Crippen LogP contribution in [0.25, 0.3) is 11.5 Å². The topological polar surface area (TPSA) is 51.0 Å². The Balaban J connectivity index is 2.34. The lowest BCUT2D eigenvalue weighted by molar-refractivity contribution is -0.137. The van der Waals surface area contributed by atoms with Gasteiger partial charge in [-0.25, -0.2) is 0 Å². The molecule has 7 heteroatoms. The van der Waals surface area contributed by atoms with E-state index in [0.29, 0.717) is 5.89 Å². The Labute approximate surface area is 107 Å². The van der Waals surface area contributed by atoms with Gasteiger partial charge in [0, 0.05) is 5.56 Å². The molecule has 2 rings (SSSR count). The molecule has 0 fully saturated rings. The van der Waals surface area contributed by atoms with Crippen LogP contribution in [0.3, 0.4) is 0 Å². The van der Waals surface area contributed by atoms with Crippen LogP contribution in [0.2, 0.25) is 0 Å². The molecule has 102 valence electrons. The molecule has 19 heavy (non-hydrogen) atoms. The van der Waals surface area contributed by atoms with Gasteiger partial charge in [-0.1, -0.05) is 6.07 Å². The van der Waals surface area contributed by atoms with Gasteiger partial charge in [0.2, 0.25) is 11.8 Å². The van der Waals surface area contributed by atoms with Crippen LogP contribution in [0.5, 0.6) is 0 Å². The molecule has 0 amide bonds. The molecule has 1 atom stereocenters. The third-order valence-electron chi connectivity index (χ3n) is 2.68. The van der Waals surface area contributed by atoms with Crippen LogP contribution in [0, 0.1) is 0 Å². The van der Waals surface area contributed by atoms with Crippen molar-refractivity contribution in [2.24, 2.45) is 0 Å². The van der Waals surface area contributed by atoms with E-state index in [0.717, 1.165) is 12.1 Å². The number of nitrogens with zero attached hydrogens (tertiary/aromatic N) is 2. The second-order valence-corrected chi connectivity index (χ2v) is 4.03. The fourth-order valence-corrected chi connectivity index (χ4v) is 1.48. The zero-order chi connectivity index (χ0) is 14.0. The number of halogens is 3. The lowest BCUT2D eigenvalue weighted by atomic mass is 10.1. The Kier molecular flexibility index (Phi) is 3.57. The molecular weight excluding hydrogens is 259 g/mol. The van der Waals surface area contributed by atoms with E-state index in [4.69, 9.17) is 4.42 Å². The van der Waals surface area contributed by atoms with E-state index < -0.39 is 11.7 Å². The average molecular weight is 271 g/mol. The maximum atomic E-state index is 12.6. The quantitative estimate of drug-likeness (QED) is 0.932. The normalized spacial score (nSPS) is 13.5. The van der Waals surface area contributed by atoms with Crippen molar-refractivity contribution in [2.75, 3.05) is 7.05 Å². The molecule has 0 saturated heterocycles. The van der Waals surface area contributed by atoms with Gasteiger partial charge in [0.25, 0.3) is 0 Å². The summed E-state index contributed by atoms with van der Waals surface area (Å²) in [4.78, 5) is 0. The fraction of sp³-hybridized carbons (Fsp3) is 0.333. The van der Waals surface area contributed by atoms with E-state index in [1.807, 2.05) is 6.92 Å². The predicted molar refractivity (Wildman–Crippen MR) is 62.2 cm³/mol. The maximum Gasteiger partial charge on any atom is 0.416 e. The number of alkyl halides is 3. The first-order valence-electron chi connectivity index (χ1n) is 5.60. The van der Waals surface area contributed by atoms with E-state index in [1.54, 1.807) is 7.05 Å². The summed E-state index contributed by atoms with van der Waals surface area (Å²) >= 11 is 0. The van der Waals surface area contributed by atoms with Gasteiger partial charge in [-0.15, -0.1) is 10.2 Å². The first-order valence-corrected chi connectivity index (χ1v) is 5.60. The minimum Gasteiger partial charge on any atom is -0.419 e. The summed E-state index contributed by atoms with van der Waals surface area (Å²) < 4.78 is 43.1. The highest BCUT2D eigenvalue weighted by molar-refractivity contribution is 5.54. The van der Waals surface area contributed by atoms with Crippen molar-refractivity contribution in [3.05, 3.63) is 35.7 Å². The van der Waals surface area contributed by atoms with Crippen molar-refractivity contribution < 1.29 is 17.6 Å². The fourth-order valence-electron chi connectivity index (χ4n) is 1.48. The summed E-state index contributed by atoms with van der Waals surface area (Å²) in [6.07, 6.45) is -4.39. The largest absolute Gasteiger partial charge is 0.419 e. The van der Waals surface area contributed by atoms with Gasteiger partial charge in [0.05, 0.1) is 11.6 Å². The second-order valence-electron chi connectivity index (χ2n) is 4.03. The molecule has 0 aliphatic rings. The number of nitrogens with one attached hydrogen (secondary N) is 1. The monoisotopic (exact) mass is 271 g/mol. The average Bonchev–Trinajstić information content (AvgIpc) is 2.86. The van der Waals surface area contributed by atoms with Gasteiger partial charge in [0.15, 0.2) is 0 Å². The first kappa shape index (κ1) is 13.5. The number of benzene rings is 1. The van der Waals surface area contributed by atoms with Gasteiger partial charge >= 0.3 is 6.18 Å².